The number of allylic oxidation sites excluding steroid dienone is 10. The highest BCUT2D eigenvalue weighted by Crippen LogP contribution is 2.38. The van der Waals surface area contributed by atoms with Crippen molar-refractivity contribution in [3.63, 3.8) is 0 Å². The highest BCUT2D eigenvalue weighted by Gasteiger charge is 2.21. The minimum Gasteiger partial charge on any atom is -0.756 e. The number of esters is 2. The molecular weight excluding hydrogens is 725 g/mol. The third-order valence-corrected chi connectivity index (χ3v) is 10.0. The van der Waals surface area contributed by atoms with Crippen molar-refractivity contribution in [1.29, 1.82) is 0 Å². The van der Waals surface area contributed by atoms with Gasteiger partial charge in [-0.3, -0.25) is 14.2 Å². The van der Waals surface area contributed by atoms with Crippen molar-refractivity contribution in [2.75, 3.05) is 47.5 Å². The maximum atomic E-state index is 12.7. The fourth-order valence-electron chi connectivity index (χ4n) is 5.62. The summed E-state index contributed by atoms with van der Waals surface area (Å²) >= 11 is 0. The minimum atomic E-state index is -4.62. The summed E-state index contributed by atoms with van der Waals surface area (Å²) in [5, 5.41) is 0. The Hall–Kier alpha value is -2.29. The molecule has 2 atom stereocenters. The Balaban J connectivity index is 4.29. The minimum absolute atomic E-state index is 0.0350. The van der Waals surface area contributed by atoms with Crippen molar-refractivity contribution in [1.82, 2.24) is 0 Å². The van der Waals surface area contributed by atoms with Gasteiger partial charge in [-0.15, -0.1) is 0 Å². The van der Waals surface area contributed by atoms with E-state index in [9.17, 15) is 19.0 Å². The molecule has 0 aliphatic heterocycles. The van der Waals surface area contributed by atoms with Crippen molar-refractivity contribution in [3.05, 3.63) is 60.8 Å². The van der Waals surface area contributed by atoms with Gasteiger partial charge in [-0.05, 0) is 57.8 Å². The molecule has 0 radical (unpaired) electrons. The van der Waals surface area contributed by atoms with E-state index in [-0.39, 0.29) is 26.1 Å². The summed E-state index contributed by atoms with van der Waals surface area (Å²) in [6.07, 6.45) is 45.4. The van der Waals surface area contributed by atoms with E-state index >= 15 is 0 Å². The van der Waals surface area contributed by atoms with E-state index in [0.717, 1.165) is 77.0 Å². The number of carbonyl (C=O) groups excluding carboxylic acids is 2. The zero-order chi connectivity index (χ0) is 41.4. The van der Waals surface area contributed by atoms with Crippen LogP contribution in [0.4, 0.5) is 0 Å². The van der Waals surface area contributed by atoms with E-state index in [1.807, 2.05) is 21.1 Å². The lowest BCUT2D eigenvalue weighted by atomic mass is 10.1. The molecule has 56 heavy (non-hydrogen) atoms. The van der Waals surface area contributed by atoms with E-state index in [1.54, 1.807) is 0 Å². The molecule has 0 aromatic heterocycles. The van der Waals surface area contributed by atoms with Gasteiger partial charge < -0.3 is 27.9 Å². The highest BCUT2D eigenvalue weighted by molar-refractivity contribution is 7.45. The third-order valence-electron chi connectivity index (χ3n) is 9.05. The number of rotatable bonds is 39. The molecule has 0 amide bonds. The number of carbonyl (C=O) groups is 2. The van der Waals surface area contributed by atoms with Crippen LogP contribution in [0, 0.1) is 0 Å². The summed E-state index contributed by atoms with van der Waals surface area (Å²) < 4.78 is 33.8. The monoisotopic (exact) mass is 808 g/mol. The van der Waals surface area contributed by atoms with Gasteiger partial charge in [0.15, 0.2) is 6.10 Å². The van der Waals surface area contributed by atoms with Crippen LogP contribution < -0.4 is 4.89 Å². The number of nitrogens with zero attached hydrogens (tertiary/aromatic N) is 1. The second-order valence-electron chi connectivity index (χ2n) is 15.7. The fraction of sp³-hybridized carbons (Fsp3) is 0.739. The predicted molar refractivity (Wildman–Crippen MR) is 231 cm³/mol. The van der Waals surface area contributed by atoms with E-state index in [2.05, 4.69) is 74.6 Å². The zero-order valence-corrected chi connectivity index (χ0v) is 37.2. The van der Waals surface area contributed by atoms with Gasteiger partial charge >= 0.3 is 11.9 Å². The maximum absolute atomic E-state index is 12.7. The molecule has 0 rings (SSSR count). The molecule has 0 saturated heterocycles. The van der Waals surface area contributed by atoms with Crippen LogP contribution in [0.1, 0.15) is 168 Å². The summed E-state index contributed by atoms with van der Waals surface area (Å²) in [5.74, 6) is -0.853. The van der Waals surface area contributed by atoms with Crippen molar-refractivity contribution < 1.29 is 42.1 Å². The summed E-state index contributed by atoms with van der Waals surface area (Å²) in [4.78, 5) is 37.4. The first-order valence-corrected chi connectivity index (χ1v) is 23.5. The van der Waals surface area contributed by atoms with Crippen LogP contribution in [0.3, 0.4) is 0 Å². The Morgan fingerprint density at radius 3 is 1.52 bits per heavy atom. The van der Waals surface area contributed by atoms with Gasteiger partial charge in [0.1, 0.15) is 19.8 Å². The van der Waals surface area contributed by atoms with Crippen LogP contribution in [0.25, 0.3) is 0 Å². The molecular formula is C46H82NO8P. The van der Waals surface area contributed by atoms with E-state index < -0.39 is 32.5 Å². The lowest BCUT2D eigenvalue weighted by Gasteiger charge is -2.28. The number of unbranched alkanes of at least 4 members (excludes halogenated alkanes) is 15. The molecule has 0 N–H and O–H groups in total. The molecule has 0 aromatic carbocycles. The average Bonchev–Trinajstić information content (AvgIpc) is 3.15. The third kappa shape index (κ3) is 41.3. The first-order valence-electron chi connectivity index (χ1n) is 22.0. The Bertz CT molecular complexity index is 1140. The second-order valence-corrected chi connectivity index (χ2v) is 17.1. The largest absolute Gasteiger partial charge is 0.756 e. The van der Waals surface area contributed by atoms with E-state index in [4.69, 9.17) is 18.5 Å². The summed E-state index contributed by atoms with van der Waals surface area (Å²) in [6.45, 7) is 4.06. The molecule has 2 unspecified atom stereocenters. The first-order chi connectivity index (χ1) is 27.0. The van der Waals surface area contributed by atoms with Gasteiger partial charge in [0.25, 0.3) is 7.82 Å². The Labute approximate surface area is 343 Å². The summed E-state index contributed by atoms with van der Waals surface area (Å²) in [6, 6.07) is 0. The predicted octanol–water partition coefficient (Wildman–Crippen LogP) is 11.8. The molecule has 10 heteroatoms. The molecule has 324 valence electrons. The van der Waals surface area contributed by atoms with Crippen LogP contribution in [0.15, 0.2) is 60.8 Å². The van der Waals surface area contributed by atoms with Crippen LogP contribution in [0.5, 0.6) is 0 Å². The molecule has 9 nitrogen and oxygen atoms in total. The van der Waals surface area contributed by atoms with Crippen LogP contribution >= 0.6 is 7.82 Å². The molecule has 0 bridgehead atoms. The lowest BCUT2D eigenvalue weighted by molar-refractivity contribution is -0.870. The van der Waals surface area contributed by atoms with Gasteiger partial charge in [0.05, 0.1) is 27.7 Å². The Morgan fingerprint density at radius 1 is 0.571 bits per heavy atom. The number of likely N-dealkylation sites (N-methyl/N-ethyl adjacent to an activating group) is 1. The first kappa shape index (κ1) is 53.7. The Kier molecular flexibility index (Phi) is 36.7. The van der Waals surface area contributed by atoms with Gasteiger partial charge in [-0.2, -0.15) is 0 Å². The topological polar surface area (TPSA) is 111 Å². The van der Waals surface area contributed by atoms with Gasteiger partial charge in [0, 0.05) is 12.8 Å². The molecule has 0 aromatic rings. The molecule has 0 spiro atoms. The molecule has 0 fully saturated rings. The molecule has 0 aliphatic rings. The quantitative estimate of drug-likeness (QED) is 0.0198. The van der Waals surface area contributed by atoms with Crippen molar-refractivity contribution in [2.45, 2.75) is 174 Å². The number of quaternary nitrogens is 1. The summed E-state index contributed by atoms with van der Waals surface area (Å²) in [7, 11) is 1.15. The SMILES string of the molecule is CC/C=C\C/C=C\C/C=C\C/C=C\C/C=C\CCCCCCCCCC(=O)OC(COC(=O)CCCCCCCCCCC)COP(=O)([O-])OCC[N+](C)(C)C. The standard InChI is InChI=1S/C46H82NO8P/c1-6-8-10-12-14-16-17-18-19-20-21-22-23-24-25-26-27-28-29-31-33-35-37-39-46(49)55-44(43-54-56(50,51)53-41-40-47(3,4)5)42-52-45(48)38-36-34-32-30-15-13-11-9-7-2/h8,10,14,16,18-19,21-22,24-25,44H,6-7,9,11-13,15,17,20,23,26-43H2,1-5H3/b10-8-,16-14-,19-18-,22-21-,25-24-. The molecule has 0 saturated carbocycles. The normalized spacial score (nSPS) is 14.2. The van der Waals surface area contributed by atoms with Gasteiger partial charge in [-0.1, -0.05) is 158 Å². The van der Waals surface area contributed by atoms with Gasteiger partial charge in [0.2, 0.25) is 0 Å². The number of hydrogen-bond acceptors (Lipinski definition) is 8. The zero-order valence-electron chi connectivity index (χ0n) is 36.3. The van der Waals surface area contributed by atoms with Crippen molar-refractivity contribution >= 4 is 19.8 Å². The van der Waals surface area contributed by atoms with E-state index in [0.29, 0.717) is 17.4 Å². The number of ether oxygens (including phenoxy) is 2. The van der Waals surface area contributed by atoms with Gasteiger partial charge in [-0.25, -0.2) is 0 Å². The van der Waals surface area contributed by atoms with Crippen LogP contribution in [-0.2, 0) is 32.7 Å². The van der Waals surface area contributed by atoms with Crippen LogP contribution in [-0.4, -0.2) is 70.0 Å². The van der Waals surface area contributed by atoms with Crippen molar-refractivity contribution in [3.8, 4) is 0 Å². The average molecular weight is 808 g/mol. The molecule has 0 heterocycles. The molecule has 0 aliphatic carbocycles. The van der Waals surface area contributed by atoms with E-state index in [1.165, 1.54) is 57.8 Å². The summed E-state index contributed by atoms with van der Waals surface area (Å²) in [5.41, 5.74) is 0. The maximum Gasteiger partial charge on any atom is 0.306 e. The Morgan fingerprint density at radius 2 is 1.02 bits per heavy atom. The second kappa shape index (κ2) is 38.2. The fourth-order valence-corrected chi connectivity index (χ4v) is 6.35. The smallest absolute Gasteiger partial charge is 0.306 e. The highest BCUT2D eigenvalue weighted by atomic mass is 31.2. The van der Waals surface area contributed by atoms with Crippen LogP contribution in [0.2, 0.25) is 0 Å². The number of hydrogen-bond donors (Lipinski definition) is 0. The number of phosphoric ester groups is 1. The van der Waals surface area contributed by atoms with Crippen molar-refractivity contribution in [2.24, 2.45) is 0 Å². The lowest BCUT2D eigenvalue weighted by Crippen LogP contribution is -2.37. The number of phosphoric acid groups is 1.